The van der Waals surface area contributed by atoms with Crippen LogP contribution in [0.5, 0.6) is 0 Å². The van der Waals surface area contributed by atoms with Gasteiger partial charge in [0.05, 0.1) is 4.88 Å². The Hall–Kier alpha value is -1.57. The maximum absolute atomic E-state index is 12.8. The van der Waals surface area contributed by atoms with Crippen LogP contribution in [0.15, 0.2) is 40.6 Å². The normalized spacial score (nSPS) is 11.8. The number of sulfonamides is 1. The maximum Gasteiger partial charge on any atom is 0.252 e. The molecule has 2 aromatic rings. The van der Waals surface area contributed by atoms with E-state index in [0.29, 0.717) is 11.3 Å². The summed E-state index contributed by atoms with van der Waals surface area (Å²) in [7, 11) is -2.11. The Balaban J connectivity index is 2.08. The van der Waals surface area contributed by atoms with Crippen LogP contribution in [0.2, 0.25) is 0 Å². The van der Waals surface area contributed by atoms with Gasteiger partial charge in [-0.05, 0) is 43.2 Å². The van der Waals surface area contributed by atoms with Crippen molar-refractivity contribution in [3.05, 3.63) is 52.7 Å². The average molecular weight is 341 g/mol. The quantitative estimate of drug-likeness (QED) is 0.759. The standard InChI is InChI=1S/C15H16FNO3S2/c1-11(18)14-7-8-15(21-14)22(19,20)17(2)10-9-12-3-5-13(16)6-4-12/h3-8H,9-10H2,1-2H3. The Morgan fingerprint density at radius 1 is 1.18 bits per heavy atom. The summed E-state index contributed by atoms with van der Waals surface area (Å²) in [6.07, 6.45) is 0.487. The molecule has 0 atom stereocenters. The molecule has 0 aliphatic carbocycles. The first-order valence-electron chi connectivity index (χ1n) is 6.62. The summed E-state index contributed by atoms with van der Waals surface area (Å²) in [4.78, 5) is 11.7. The molecule has 0 bridgehead atoms. The number of halogens is 1. The molecule has 7 heteroatoms. The summed E-state index contributed by atoms with van der Waals surface area (Å²) in [6.45, 7) is 1.68. The molecule has 22 heavy (non-hydrogen) atoms. The molecule has 0 saturated heterocycles. The molecule has 1 aromatic carbocycles. The first kappa shape index (κ1) is 16.8. The van der Waals surface area contributed by atoms with Gasteiger partial charge in [-0.15, -0.1) is 11.3 Å². The van der Waals surface area contributed by atoms with E-state index in [4.69, 9.17) is 0 Å². The lowest BCUT2D eigenvalue weighted by Gasteiger charge is -2.15. The van der Waals surface area contributed by atoms with E-state index in [0.717, 1.165) is 16.9 Å². The highest BCUT2D eigenvalue weighted by atomic mass is 32.2. The number of Topliss-reactive ketones (excluding diaryl/α,β-unsaturated/α-hetero) is 1. The topological polar surface area (TPSA) is 54.5 Å². The Kier molecular flexibility index (Phi) is 5.10. The number of thiophene rings is 1. The van der Waals surface area contributed by atoms with Crippen LogP contribution in [0.1, 0.15) is 22.2 Å². The van der Waals surface area contributed by atoms with Gasteiger partial charge < -0.3 is 0 Å². The molecule has 0 unspecified atom stereocenters. The van der Waals surface area contributed by atoms with Crippen LogP contribution in [0.4, 0.5) is 4.39 Å². The second kappa shape index (κ2) is 6.68. The van der Waals surface area contributed by atoms with Crippen LogP contribution < -0.4 is 0 Å². The van der Waals surface area contributed by atoms with Crippen molar-refractivity contribution in [3.8, 4) is 0 Å². The van der Waals surface area contributed by atoms with Crippen molar-refractivity contribution in [3.63, 3.8) is 0 Å². The van der Waals surface area contributed by atoms with Gasteiger partial charge in [-0.25, -0.2) is 12.8 Å². The maximum atomic E-state index is 12.8. The van der Waals surface area contributed by atoms with Crippen LogP contribution in [0.25, 0.3) is 0 Å². The fourth-order valence-electron chi connectivity index (χ4n) is 1.86. The minimum absolute atomic E-state index is 0.152. The zero-order valence-corrected chi connectivity index (χ0v) is 13.9. The smallest absolute Gasteiger partial charge is 0.252 e. The number of carbonyl (C=O) groups is 1. The summed E-state index contributed by atoms with van der Waals surface area (Å²) in [5, 5.41) is 0. The van der Waals surface area contributed by atoms with Gasteiger partial charge in [0.2, 0.25) is 0 Å². The number of rotatable bonds is 6. The van der Waals surface area contributed by atoms with E-state index < -0.39 is 10.0 Å². The highest BCUT2D eigenvalue weighted by molar-refractivity contribution is 7.91. The van der Waals surface area contributed by atoms with Gasteiger partial charge >= 0.3 is 0 Å². The molecule has 1 aromatic heterocycles. The number of ketones is 1. The lowest BCUT2D eigenvalue weighted by Crippen LogP contribution is -2.28. The first-order chi connectivity index (χ1) is 10.3. The summed E-state index contributed by atoms with van der Waals surface area (Å²) in [5.41, 5.74) is 0.860. The predicted octanol–water partition coefficient (Wildman–Crippen LogP) is 2.95. The SMILES string of the molecule is CC(=O)c1ccc(S(=O)(=O)N(C)CCc2ccc(F)cc2)s1. The minimum atomic E-state index is -3.60. The molecule has 0 saturated carbocycles. The van der Waals surface area contributed by atoms with Crippen molar-refractivity contribution < 1.29 is 17.6 Å². The van der Waals surface area contributed by atoms with Crippen LogP contribution in [0, 0.1) is 5.82 Å². The summed E-state index contributed by atoms with van der Waals surface area (Å²) < 4.78 is 39.0. The number of nitrogens with zero attached hydrogens (tertiary/aromatic N) is 1. The predicted molar refractivity (Wildman–Crippen MR) is 84.2 cm³/mol. The molecule has 0 radical (unpaired) electrons. The number of carbonyl (C=O) groups excluding carboxylic acids is 1. The first-order valence-corrected chi connectivity index (χ1v) is 8.88. The van der Waals surface area contributed by atoms with Crippen molar-refractivity contribution in [1.29, 1.82) is 0 Å². The Morgan fingerprint density at radius 3 is 2.36 bits per heavy atom. The second-order valence-corrected chi connectivity index (χ2v) is 8.23. The lowest BCUT2D eigenvalue weighted by molar-refractivity contribution is 0.102. The van der Waals surface area contributed by atoms with Crippen LogP contribution >= 0.6 is 11.3 Å². The van der Waals surface area contributed by atoms with Crippen molar-refractivity contribution >= 4 is 27.1 Å². The molecule has 0 N–H and O–H groups in total. The third-order valence-corrected chi connectivity index (χ3v) is 6.73. The molecule has 0 aliphatic rings. The summed E-state index contributed by atoms with van der Waals surface area (Å²) >= 11 is 0.971. The van der Waals surface area contributed by atoms with Gasteiger partial charge in [0.15, 0.2) is 5.78 Å². The number of hydrogen-bond acceptors (Lipinski definition) is 4. The molecule has 0 spiro atoms. The van der Waals surface area contributed by atoms with Gasteiger partial charge in [0, 0.05) is 13.6 Å². The number of benzene rings is 1. The number of hydrogen-bond donors (Lipinski definition) is 0. The van der Waals surface area contributed by atoms with Gasteiger partial charge in [-0.3, -0.25) is 4.79 Å². The van der Waals surface area contributed by atoms with E-state index in [1.54, 1.807) is 12.1 Å². The average Bonchev–Trinajstić information content (AvgIpc) is 2.97. The Labute approximate surface area is 133 Å². The van der Waals surface area contributed by atoms with Crippen LogP contribution in [-0.4, -0.2) is 32.1 Å². The van der Waals surface area contributed by atoms with Gasteiger partial charge in [-0.2, -0.15) is 4.31 Å². The third kappa shape index (κ3) is 3.79. The highest BCUT2D eigenvalue weighted by Crippen LogP contribution is 2.24. The van der Waals surface area contributed by atoms with E-state index in [-0.39, 0.29) is 22.4 Å². The highest BCUT2D eigenvalue weighted by Gasteiger charge is 2.23. The fraction of sp³-hybridized carbons (Fsp3) is 0.267. The van der Waals surface area contributed by atoms with Crippen molar-refractivity contribution in [2.24, 2.45) is 0 Å². The van der Waals surface area contributed by atoms with E-state index in [1.807, 2.05) is 0 Å². The lowest BCUT2D eigenvalue weighted by atomic mass is 10.1. The van der Waals surface area contributed by atoms with Crippen molar-refractivity contribution in [2.75, 3.05) is 13.6 Å². The zero-order chi connectivity index (χ0) is 16.3. The Morgan fingerprint density at radius 2 is 1.82 bits per heavy atom. The minimum Gasteiger partial charge on any atom is -0.294 e. The zero-order valence-electron chi connectivity index (χ0n) is 12.2. The Bertz CT molecular complexity index is 766. The van der Waals surface area contributed by atoms with Gasteiger partial charge in [-0.1, -0.05) is 12.1 Å². The molecule has 118 valence electrons. The largest absolute Gasteiger partial charge is 0.294 e. The van der Waals surface area contributed by atoms with Crippen LogP contribution in [-0.2, 0) is 16.4 Å². The van der Waals surface area contributed by atoms with E-state index in [9.17, 15) is 17.6 Å². The molecular weight excluding hydrogens is 325 g/mol. The van der Waals surface area contributed by atoms with Crippen molar-refractivity contribution in [1.82, 2.24) is 4.31 Å². The summed E-state index contributed by atoms with van der Waals surface area (Å²) in [6, 6.07) is 8.94. The number of likely N-dealkylation sites (N-methyl/N-ethyl adjacent to an activating group) is 1. The molecule has 2 rings (SSSR count). The van der Waals surface area contributed by atoms with E-state index in [1.165, 1.54) is 42.5 Å². The van der Waals surface area contributed by atoms with Gasteiger partial charge in [0.25, 0.3) is 10.0 Å². The van der Waals surface area contributed by atoms with Gasteiger partial charge in [0.1, 0.15) is 10.0 Å². The van der Waals surface area contributed by atoms with Crippen LogP contribution in [0.3, 0.4) is 0 Å². The van der Waals surface area contributed by atoms with E-state index in [2.05, 4.69) is 0 Å². The molecular formula is C15H16FNO3S2. The third-order valence-electron chi connectivity index (χ3n) is 3.22. The van der Waals surface area contributed by atoms with Crippen molar-refractivity contribution in [2.45, 2.75) is 17.6 Å². The van der Waals surface area contributed by atoms with E-state index >= 15 is 0 Å². The molecule has 0 aliphatic heterocycles. The molecule has 0 fully saturated rings. The molecule has 0 amide bonds. The molecule has 4 nitrogen and oxygen atoms in total. The summed E-state index contributed by atoms with van der Waals surface area (Å²) in [5.74, 6) is -0.472. The molecule has 1 heterocycles. The fourth-order valence-corrected chi connectivity index (χ4v) is 4.44. The second-order valence-electron chi connectivity index (χ2n) is 4.88. The monoisotopic (exact) mass is 341 g/mol.